The Balaban J connectivity index is 1.22. The lowest BCUT2D eigenvalue weighted by Crippen LogP contribution is -2.56. The maximum absolute atomic E-state index is 13.6. The van der Waals surface area contributed by atoms with Crippen LogP contribution in [0.25, 0.3) is 0 Å². The smallest absolute Gasteiger partial charge is 0.223 e. The van der Waals surface area contributed by atoms with E-state index < -0.39 is 0 Å². The highest BCUT2D eigenvalue weighted by Gasteiger charge is 2.58. The van der Waals surface area contributed by atoms with Crippen LogP contribution in [0.3, 0.4) is 0 Å². The number of nitrogens with zero attached hydrogens (tertiary/aromatic N) is 3. The van der Waals surface area contributed by atoms with Crippen LogP contribution in [0.15, 0.2) is 24.3 Å². The number of ketones is 1. The molecule has 5 saturated carbocycles. The third-order valence-electron chi connectivity index (χ3n) is 9.95. The Labute approximate surface area is 217 Å². The molecule has 1 heterocycles. The maximum atomic E-state index is 13.6. The first-order valence-electron chi connectivity index (χ1n) is 13.1. The van der Waals surface area contributed by atoms with Gasteiger partial charge in [0.25, 0.3) is 0 Å². The highest BCUT2D eigenvalue weighted by Crippen LogP contribution is 2.63. The first kappa shape index (κ1) is 23.8. The van der Waals surface area contributed by atoms with Gasteiger partial charge in [-0.3, -0.25) is 14.3 Å². The number of methoxy groups -OCH3 is 1. The Morgan fingerprint density at radius 1 is 1.17 bits per heavy atom. The lowest BCUT2D eigenvalue weighted by Gasteiger charge is -2.58. The fourth-order valence-corrected chi connectivity index (χ4v) is 8.54. The Hall–Kier alpha value is -2.54. The number of benzene rings is 1. The van der Waals surface area contributed by atoms with Crippen LogP contribution in [0.1, 0.15) is 67.4 Å². The lowest BCUT2D eigenvalue weighted by atomic mass is 9.45. The van der Waals surface area contributed by atoms with Crippen LogP contribution in [-0.2, 0) is 17.4 Å². The number of hydrogen-bond donors (Lipinski definition) is 1. The van der Waals surface area contributed by atoms with Gasteiger partial charge in [-0.2, -0.15) is 5.10 Å². The number of hydrogen-bond acceptors (Lipinski definition) is 5. The van der Waals surface area contributed by atoms with E-state index in [1.54, 1.807) is 11.8 Å². The Bertz CT molecular complexity index is 1200. The zero-order valence-corrected chi connectivity index (χ0v) is 22.1. The Morgan fingerprint density at radius 3 is 2.36 bits per heavy atom. The number of rotatable bonds is 8. The molecule has 0 spiro atoms. The van der Waals surface area contributed by atoms with Crippen LogP contribution in [0.2, 0.25) is 5.02 Å². The summed E-state index contributed by atoms with van der Waals surface area (Å²) >= 11 is 6.89. The second-order valence-corrected chi connectivity index (χ2v) is 12.2. The quantitative estimate of drug-likeness (QED) is 0.519. The highest BCUT2D eigenvalue weighted by atomic mass is 35.5. The molecule has 7 rings (SSSR count). The minimum atomic E-state index is -0.339. The lowest BCUT2D eigenvalue weighted by molar-refractivity contribution is -0.149. The van der Waals surface area contributed by atoms with Gasteiger partial charge in [0, 0.05) is 25.9 Å². The maximum Gasteiger partial charge on any atom is 0.223 e. The normalized spacial score (nSPS) is 31.3. The van der Waals surface area contributed by atoms with E-state index in [-0.39, 0.29) is 28.6 Å². The number of primary amides is 1. The van der Waals surface area contributed by atoms with Crippen molar-refractivity contribution >= 4 is 29.1 Å². The molecule has 1 aromatic heterocycles. The van der Waals surface area contributed by atoms with Crippen molar-refractivity contribution in [3.05, 3.63) is 40.5 Å². The molecule has 2 aromatic rings. The van der Waals surface area contributed by atoms with Gasteiger partial charge in [0.05, 0.1) is 12.6 Å². The third-order valence-corrected chi connectivity index (χ3v) is 10.3. The van der Waals surface area contributed by atoms with E-state index in [2.05, 4.69) is 22.1 Å². The van der Waals surface area contributed by atoms with Crippen LogP contribution in [0.4, 0.5) is 5.82 Å². The molecule has 36 heavy (non-hydrogen) atoms. The Morgan fingerprint density at radius 2 is 1.81 bits per heavy atom. The molecule has 2 N–H and O–H groups in total. The summed E-state index contributed by atoms with van der Waals surface area (Å²) in [6.07, 6.45) is 7.29. The standard InChI is InChI=1S/C28H35ClN4O3/c1-32(28(8-9-28)19-4-6-20(36-3)7-5-19)25-23(29)24(31-33(25)2)22(34)12-21-17-10-16-11-18(21)15-27(13-16,14-17)26(30)35/h4-7,16-18,21H,8-15H2,1-3H3,(H2,30,35). The molecular formula is C28H35ClN4O3. The van der Waals surface area contributed by atoms with E-state index in [9.17, 15) is 9.59 Å². The summed E-state index contributed by atoms with van der Waals surface area (Å²) in [7, 11) is 5.56. The molecule has 1 aromatic carbocycles. The highest BCUT2D eigenvalue weighted by molar-refractivity contribution is 6.36. The fourth-order valence-electron chi connectivity index (χ4n) is 8.15. The molecule has 0 aliphatic heterocycles. The first-order valence-corrected chi connectivity index (χ1v) is 13.5. The Kier molecular flexibility index (Phi) is 5.45. The average molecular weight is 511 g/mol. The molecule has 0 saturated heterocycles. The second kappa shape index (κ2) is 8.23. The molecule has 5 aliphatic rings. The van der Waals surface area contributed by atoms with Crippen molar-refractivity contribution in [2.45, 2.75) is 56.9 Å². The molecule has 2 unspecified atom stereocenters. The fraction of sp³-hybridized carbons (Fsp3) is 0.607. The van der Waals surface area contributed by atoms with Gasteiger partial charge in [-0.15, -0.1) is 0 Å². The van der Waals surface area contributed by atoms with Gasteiger partial charge in [-0.25, -0.2) is 0 Å². The number of aromatic nitrogens is 2. The van der Waals surface area contributed by atoms with Gasteiger partial charge >= 0.3 is 0 Å². The molecule has 5 aliphatic carbocycles. The number of halogens is 1. The number of ether oxygens (including phenoxy) is 1. The SMILES string of the molecule is COc1ccc(C2(N(C)c3c(Cl)c(C(=O)CC4C5CC6CC4CC(C(N)=O)(C6)C5)nn3C)CC2)cc1. The molecule has 5 fully saturated rings. The number of aryl methyl sites for hydroxylation is 1. The average Bonchev–Trinajstić information content (AvgIpc) is 3.60. The topological polar surface area (TPSA) is 90.4 Å². The van der Waals surface area contributed by atoms with Crippen LogP contribution >= 0.6 is 11.6 Å². The zero-order valence-electron chi connectivity index (χ0n) is 21.3. The molecule has 1 amide bonds. The van der Waals surface area contributed by atoms with Crippen molar-refractivity contribution in [1.82, 2.24) is 9.78 Å². The molecule has 0 radical (unpaired) electrons. The van der Waals surface area contributed by atoms with Gasteiger partial charge < -0.3 is 15.4 Å². The largest absolute Gasteiger partial charge is 0.497 e. The molecule has 7 nitrogen and oxygen atoms in total. The molecule has 8 heteroatoms. The summed E-state index contributed by atoms with van der Waals surface area (Å²) in [5, 5.41) is 5.05. The minimum absolute atomic E-state index is 0.00939. The second-order valence-electron chi connectivity index (χ2n) is 11.8. The van der Waals surface area contributed by atoms with Gasteiger partial charge in [0.1, 0.15) is 22.3 Å². The van der Waals surface area contributed by atoms with E-state index in [4.69, 9.17) is 22.1 Å². The zero-order chi connectivity index (χ0) is 25.4. The summed E-state index contributed by atoms with van der Waals surface area (Å²) in [4.78, 5) is 28.0. The monoisotopic (exact) mass is 510 g/mol. The van der Waals surface area contributed by atoms with Gasteiger partial charge in [0.2, 0.25) is 5.91 Å². The third kappa shape index (κ3) is 3.49. The van der Waals surface area contributed by atoms with E-state index in [1.807, 2.05) is 26.2 Å². The van der Waals surface area contributed by atoms with Gasteiger partial charge in [0.15, 0.2) is 5.78 Å². The summed E-state index contributed by atoms with van der Waals surface area (Å²) in [6.45, 7) is 0. The van der Waals surface area contributed by atoms with Crippen molar-refractivity contribution < 1.29 is 14.3 Å². The van der Waals surface area contributed by atoms with Crippen molar-refractivity contribution in [2.75, 3.05) is 19.1 Å². The van der Waals surface area contributed by atoms with Crippen molar-refractivity contribution in [1.29, 1.82) is 0 Å². The number of carbonyl (C=O) groups excluding carboxylic acids is 2. The molecule has 192 valence electrons. The predicted molar refractivity (Wildman–Crippen MR) is 138 cm³/mol. The van der Waals surface area contributed by atoms with Gasteiger partial charge in [-0.05, 0) is 86.3 Å². The van der Waals surface area contributed by atoms with E-state index >= 15 is 0 Å². The number of carbonyl (C=O) groups is 2. The number of amides is 1. The van der Waals surface area contributed by atoms with Crippen LogP contribution in [0.5, 0.6) is 5.75 Å². The summed E-state index contributed by atoms with van der Waals surface area (Å²) < 4.78 is 7.07. The van der Waals surface area contributed by atoms with Crippen molar-refractivity contribution in [3.8, 4) is 5.75 Å². The summed E-state index contributed by atoms with van der Waals surface area (Å²) in [5.41, 5.74) is 6.92. The number of Topliss-reactive ketones (excluding diaryl/α,β-unsaturated/α-hetero) is 1. The van der Waals surface area contributed by atoms with Gasteiger partial charge in [-0.1, -0.05) is 23.7 Å². The van der Waals surface area contributed by atoms with E-state index in [1.165, 1.54) is 5.56 Å². The van der Waals surface area contributed by atoms with Crippen LogP contribution in [-0.4, -0.2) is 35.6 Å². The summed E-state index contributed by atoms with van der Waals surface area (Å²) in [5.74, 6) is 3.11. The van der Waals surface area contributed by atoms with Crippen molar-refractivity contribution in [3.63, 3.8) is 0 Å². The number of nitrogens with two attached hydrogens (primary N) is 1. The minimum Gasteiger partial charge on any atom is -0.497 e. The number of anilines is 1. The molecule has 2 atom stereocenters. The van der Waals surface area contributed by atoms with Crippen LogP contribution < -0.4 is 15.4 Å². The van der Waals surface area contributed by atoms with E-state index in [0.717, 1.165) is 56.5 Å². The molecular weight excluding hydrogens is 476 g/mol. The van der Waals surface area contributed by atoms with E-state index in [0.29, 0.717) is 34.9 Å². The predicted octanol–water partition coefficient (Wildman–Crippen LogP) is 4.71. The summed E-state index contributed by atoms with van der Waals surface area (Å²) in [6, 6.07) is 8.17. The first-order chi connectivity index (χ1) is 17.2. The van der Waals surface area contributed by atoms with Crippen molar-refractivity contribution in [2.24, 2.45) is 41.9 Å². The van der Waals surface area contributed by atoms with Crippen LogP contribution in [0, 0.1) is 29.1 Å². The molecule has 4 bridgehead atoms.